The zero-order chi connectivity index (χ0) is 23.5. The van der Waals surface area contributed by atoms with Gasteiger partial charge in [-0.25, -0.2) is 0 Å². The Morgan fingerprint density at radius 2 is 1.79 bits per heavy atom. The maximum Gasteiger partial charge on any atom is 0.259 e. The highest BCUT2D eigenvalue weighted by atomic mass is 16.2. The zero-order valence-electron chi connectivity index (χ0n) is 19.3. The van der Waals surface area contributed by atoms with Crippen molar-refractivity contribution in [2.45, 2.75) is 39.8 Å². The first-order valence-electron chi connectivity index (χ1n) is 11.4. The van der Waals surface area contributed by atoms with Gasteiger partial charge in [0.15, 0.2) is 0 Å². The van der Waals surface area contributed by atoms with Crippen LogP contribution >= 0.6 is 0 Å². The topological polar surface area (TPSA) is 69.7 Å². The van der Waals surface area contributed by atoms with Crippen molar-refractivity contribution in [3.05, 3.63) is 77.4 Å². The van der Waals surface area contributed by atoms with E-state index in [-0.39, 0.29) is 24.3 Å². The van der Waals surface area contributed by atoms with Gasteiger partial charge in [-0.3, -0.25) is 19.3 Å². The standard InChI is InChI=1S/C27H29N3O3/c1-4-14-28-26(32)19(3)29(16-20-9-5-8-18(2)15-20)24(31)17-30-23-13-7-11-21-10-6-12-22(25(21)23)27(30)33/h5-13,15,19H,4,14,16-17H2,1-3H3,(H,28,32)/t19-/m1/s1. The minimum Gasteiger partial charge on any atom is -0.354 e. The number of benzene rings is 3. The van der Waals surface area contributed by atoms with Crippen molar-refractivity contribution < 1.29 is 14.4 Å². The normalized spacial score (nSPS) is 13.3. The van der Waals surface area contributed by atoms with Crippen molar-refractivity contribution in [1.82, 2.24) is 10.2 Å². The van der Waals surface area contributed by atoms with Crippen LogP contribution < -0.4 is 10.2 Å². The lowest BCUT2D eigenvalue weighted by Gasteiger charge is -2.30. The molecule has 1 atom stereocenters. The predicted octanol–water partition coefficient (Wildman–Crippen LogP) is 4.05. The Labute approximate surface area is 194 Å². The van der Waals surface area contributed by atoms with Gasteiger partial charge in [0.25, 0.3) is 5.91 Å². The summed E-state index contributed by atoms with van der Waals surface area (Å²) >= 11 is 0. The molecule has 170 valence electrons. The fraction of sp³-hybridized carbons (Fsp3) is 0.296. The molecule has 0 radical (unpaired) electrons. The van der Waals surface area contributed by atoms with Gasteiger partial charge in [-0.1, -0.05) is 61.0 Å². The summed E-state index contributed by atoms with van der Waals surface area (Å²) in [6, 6.07) is 18.6. The molecule has 1 heterocycles. The Hall–Kier alpha value is -3.67. The van der Waals surface area contributed by atoms with Crippen LogP contribution in [-0.4, -0.2) is 41.8 Å². The van der Waals surface area contributed by atoms with Gasteiger partial charge in [0.05, 0.1) is 5.69 Å². The average molecular weight is 444 g/mol. The van der Waals surface area contributed by atoms with Gasteiger partial charge in [-0.2, -0.15) is 0 Å². The van der Waals surface area contributed by atoms with Crippen molar-refractivity contribution >= 4 is 34.2 Å². The predicted molar refractivity (Wildman–Crippen MR) is 130 cm³/mol. The quantitative estimate of drug-likeness (QED) is 0.571. The first kappa shape index (κ1) is 22.5. The minimum absolute atomic E-state index is 0.121. The van der Waals surface area contributed by atoms with E-state index < -0.39 is 6.04 Å². The van der Waals surface area contributed by atoms with Gasteiger partial charge in [0, 0.05) is 24.0 Å². The lowest BCUT2D eigenvalue weighted by atomic mass is 10.1. The molecule has 1 aliphatic rings. The van der Waals surface area contributed by atoms with Gasteiger partial charge >= 0.3 is 0 Å². The fourth-order valence-corrected chi connectivity index (χ4v) is 4.35. The smallest absolute Gasteiger partial charge is 0.259 e. The number of carbonyl (C=O) groups is 3. The number of carbonyl (C=O) groups excluding carboxylic acids is 3. The molecule has 6 nitrogen and oxygen atoms in total. The first-order chi connectivity index (χ1) is 15.9. The largest absolute Gasteiger partial charge is 0.354 e. The molecule has 33 heavy (non-hydrogen) atoms. The molecule has 0 bridgehead atoms. The van der Waals surface area contributed by atoms with Crippen molar-refractivity contribution in [1.29, 1.82) is 0 Å². The number of anilines is 1. The molecule has 0 fully saturated rings. The lowest BCUT2D eigenvalue weighted by molar-refractivity contribution is -0.139. The molecule has 0 unspecified atom stereocenters. The third-order valence-electron chi connectivity index (χ3n) is 6.09. The van der Waals surface area contributed by atoms with Crippen LogP contribution in [-0.2, 0) is 16.1 Å². The average Bonchev–Trinajstić information content (AvgIpc) is 3.08. The number of hydrogen-bond acceptors (Lipinski definition) is 3. The van der Waals surface area contributed by atoms with E-state index in [2.05, 4.69) is 5.32 Å². The van der Waals surface area contributed by atoms with E-state index in [4.69, 9.17) is 0 Å². The lowest BCUT2D eigenvalue weighted by Crippen LogP contribution is -2.51. The maximum atomic E-state index is 13.6. The second kappa shape index (κ2) is 9.45. The Bertz CT molecular complexity index is 1210. The summed E-state index contributed by atoms with van der Waals surface area (Å²) in [5.74, 6) is -0.654. The van der Waals surface area contributed by atoms with Crippen LogP contribution in [0.2, 0.25) is 0 Å². The monoisotopic (exact) mass is 443 g/mol. The number of hydrogen-bond donors (Lipinski definition) is 1. The Morgan fingerprint density at radius 1 is 1.06 bits per heavy atom. The second-order valence-corrected chi connectivity index (χ2v) is 8.55. The molecular formula is C27H29N3O3. The Kier molecular flexibility index (Phi) is 6.45. The highest BCUT2D eigenvalue weighted by Gasteiger charge is 2.34. The summed E-state index contributed by atoms with van der Waals surface area (Å²) in [5.41, 5.74) is 3.37. The van der Waals surface area contributed by atoms with Crippen LogP contribution in [0.5, 0.6) is 0 Å². The molecule has 6 heteroatoms. The molecule has 3 amide bonds. The summed E-state index contributed by atoms with van der Waals surface area (Å²) in [5, 5.41) is 4.73. The third-order valence-corrected chi connectivity index (χ3v) is 6.09. The highest BCUT2D eigenvalue weighted by Crippen LogP contribution is 2.37. The van der Waals surface area contributed by atoms with Gasteiger partial charge in [0.1, 0.15) is 12.6 Å². The number of nitrogens with zero attached hydrogens (tertiary/aromatic N) is 2. The fourth-order valence-electron chi connectivity index (χ4n) is 4.35. The summed E-state index contributed by atoms with van der Waals surface area (Å²) in [6.45, 7) is 6.44. The summed E-state index contributed by atoms with van der Waals surface area (Å²) in [6.07, 6.45) is 0.814. The van der Waals surface area contributed by atoms with Crippen LogP contribution in [0.25, 0.3) is 10.8 Å². The molecular weight excluding hydrogens is 414 g/mol. The Balaban J connectivity index is 1.62. The van der Waals surface area contributed by atoms with Crippen LogP contribution in [0.4, 0.5) is 5.69 Å². The van der Waals surface area contributed by atoms with E-state index in [1.807, 2.05) is 68.4 Å². The van der Waals surface area contributed by atoms with Gasteiger partial charge in [-0.15, -0.1) is 0 Å². The van der Waals surface area contributed by atoms with Gasteiger partial charge in [-0.05, 0) is 43.4 Å². The van der Waals surface area contributed by atoms with E-state index in [9.17, 15) is 14.4 Å². The molecule has 0 spiro atoms. The highest BCUT2D eigenvalue weighted by molar-refractivity contribution is 6.26. The van der Waals surface area contributed by atoms with Crippen LogP contribution in [0.1, 0.15) is 41.8 Å². The van der Waals surface area contributed by atoms with Crippen molar-refractivity contribution in [3.8, 4) is 0 Å². The number of nitrogens with one attached hydrogen (secondary N) is 1. The van der Waals surface area contributed by atoms with E-state index >= 15 is 0 Å². The molecule has 0 saturated heterocycles. The molecule has 0 saturated carbocycles. The molecule has 4 rings (SSSR count). The Morgan fingerprint density at radius 3 is 2.52 bits per heavy atom. The van der Waals surface area contributed by atoms with E-state index in [1.165, 1.54) is 4.90 Å². The SMILES string of the molecule is CCCNC(=O)[C@@H](C)N(Cc1cccc(C)c1)C(=O)CN1C(=O)c2cccc3cccc1c23. The molecule has 1 aliphatic heterocycles. The third kappa shape index (κ3) is 4.46. The molecule has 1 N–H and O–H groups in total. The summed E-state index contributed by atoms with van der Waals surface area (Å²) in [4.78, 5) is 42.6. The molecule has 0 aliphatic carbocycles. The van der Waals surface area contributed by atoms with Crippen molar-refractivity contribution in [2.24, 2.45) is 0 Å². The molecule has 3 aromatic rings. The zero-order valence-corrected chi connectivity index (χ0v) is 19.3. The molecule has 3 aromatic carbocycles. The van der Waals surface area contributed by atoms with E-state index in [0.717, 1.165) is 34.0 Å². The number of amides is 3. The van der Waals surface area contributed by atoms with Crippen molar-refractivity contribution in [2.75, 3.05) is 18.0 Å². The molecule has 0 aromatic heterocycles. The van der Waals surface area contributed by atoms with Crippen LogP contribution in [0, 0.1) is 6.92 Å². The number of aryl methyl sites for hydroxylation is 1. The van der Waals surface area contributed by atoms with Crippen molar-refractivity contribution in [3.63, 3.8) is 0 Å². The van der Waals surface area contributed by atoms with Crippen LogP contribution in [0.3, 0.4) is 0 Å². The second-order valence-electron chi connectivity index (χ2n) is 8.55. The summed E-state index contributed by atoms with van der Waals surface area (Å²) < 4.78 is 0. The van der Waals surface area contributed by atoms with Crippen LogP contribution in [0.15, 0.2) is 60.7 Å². The maximum absolute atomic E-state index is 13.6. The minimum atomic E-state index is -0.666. The van der Waals surface area contributed by atoms with Gasteiger partial charge in [0.2, 0.25) is 11.8 Å². The number of rotatable bonds is 8. The first-order valence-corrected chi connectivity index (χ1v) is 11.4. The van der Waals surface area contributed by atoms with Gasteiger partial charge < -0.3 is 10.2 Å². The van der Waals surface area contributed by atoms with E-state index in [1.54, 1.807) is 17.9 Å². The van der Waals surface area contributed by atoms with E-state index in [0.29, 0.717) is 18.7 Å². The summed E-state index contributed by atoms with van der Waals surface area (Å²) in [7, 11) is 0.